The Morgan fingerprint density at radius 1 is 1.26 bits per heavy atom. The molecule has 0 saturated carbocycles. The summed E-state index contributed by atoms with van der Waals surface area (Å²) >= 11 is 0. The summed E-state index contributed by atoms with van der Waals surface area (Å²) in [7, 11) is 0. The molecule has 0 spiro atoms. The highest BCUT2D eigenvalue weighted by Crippen LogP contribution is 2.31. The van der Waals surface area contributed by atoms with E-state index in [1.165, 1.54) is 0 Å². The van der Waals surface area contributed by atoms with Crippen LogP contribution in [-0.2, 0) is 11.2 Å². The summed E-state index contributed by atoms with van der Waals surface area (Å²) in [4.78, 5) is 15.3. The van der Waals surface area contributed by atoms with E-state index in [4.69, 9.17) is 9.63 Å². The molecule has 156 valence electrons. The molecule has 0 fully saturated rings. The van der Waals surface area contributed by atoms with E-state index in [0.29, 0.717) is 29.3 Å². The molecular formula is C24H22N4O3. The molecule has 31 heavy (non-hydrogen) atoms. The second-order valence-electron chi connectivity index (χ2n) is 7.86. The molecular weight excluding hydrogens is 392 g/mol. The number of aryl methyl sites for hydroxylation is 2. The Labute approximate surface area is 179 Å². The van der Waals surface area contributed by atoms with Crippen molar-refractivity contribution in [2.24, 2.45) is 0 Å². The summed E-state index contributed by atoms with van der Waals surface area (Å²) in [6.45, 7) is 6.09. The third kappa shape index (κ3) is 3.92. The number of carboxylic acid groups (broad SMARTS) is 1. The molecule has 7 nitrogen and oxygen atoms in total. The van der Waals surface area contributed by atoms with E-state index in [9.17, 15) is 10.1 Å². The zero-order valence-corrected chi connectivity index (χ0v) is 17.6. The van der Waals surface area contributed by atoms with E-state index in [2.05, 4.69) is 34.6 Å². The van der Waals surface area contributed by atoms with Gasteiger partial charge in [0.05, 0.1) is 11.1 Å². The van der Waals surface area contributed by atoms with Gasteiger partial charge in [-0.2, -0.15) is 10.2 Å². The molecule has 0 radical (unpaired) electrons. The van der Waals surface area contributed by atoms with Gasteiger partial charge in [-0.1, -0.05) is 23.4 Å². The van der Waals surface area contributed by atoms with Crippen LogP contribution in [0.2, 0.25) is 0 Å². The lowest BCUT2D eigenvalue weighted by Crippen LogP contribution is -1.99. The van der Waals surface area contributed by atoms with Gasteiger partial charge < -0.3 is 14.2 Å². The fraction of sp³-hybridized carbons (Fsp3) is 0.250. The van der Waals surface area contributed by atoms with Gasteiger partial charge in [0.2, 0.25) is 5.82 Å². The lowest BCUT2D eigenvalue weighted by Gasteiger charge is -2.10. The Bertz CT molecular complexity index is 1320. The van der Waals surface area contributed by atoms with Gasteiger partial charge in [-0.25, -0.2) is 0 Å². The van der Waals surface area contributed by atoms with Crippen LogP contribution in [0.3, 0.4) is 0 Å². The minimum atomic E-state index is -0.818. The molecule has 0 saturated heterocycles. The summed E-state index contributed by atoms with van der Waals surface area (Å²) in [5, 5.41) is 23.6. The van der Waals surface area contributed by atoms with E-state index in [1.807, 2.05) is 43.5 Å². The van der Waals surface area contributed by atoms with E-state index >= 15 is 0 Å². The molecule has 4 aromatic rings. The van der Waals surface area contributed by atoms with Crippen LogP contribution in [0.25, 0.3) is 33.7 Å². The SMILES string of the molecule is Cc1cc(CCC(=O)O)ccc1-c1noc(-c2cc(C#N)c3c(ccn3C(C)C)c2)n1. The number of nitrogens with zero attached hydrogens (tertiary/aromatic N) is 4. The zero-order chi connectivity index (χ0) is 22.1. The Kier molecular flexibility index (Phi) is 5.30. The Balaban J connectivity index is 1.69. The van der Waals surface area contributed by atoms with E-state index in [1.54, 1.807) is 6.07 Å². The van der Waals surface area contributed by atoms with Crippen LogP contribution in [0.4, 0.5) is 0 Å². The number of nitriles is 1. The van der Waals surface area contributed by atoms with Crippen molar-refractivity contribution in [3.05, 3.63) is 59.3 Å². The zero-order valence-electron chi connectivity index (χ0n) is 17.6. The third-order valence-electron chi connectivity index (χ3n) is 5.32. The molecule has 0 aliphatic heterocycles. The van der Waals surface area contributed by atoms with Gasteiger partial charge in [0, 0.05) is 35.2 Å². The fourth-order valence-electron chi connectivity index (χ4n) is 3.78. The number of aromatic nitrogens is 3. The molecule has 4 rings (SSSR count). The van der Waals surface area contributed by atoms with Gasteiger partial charge in [0.25, 0.3) is 5.89 Å². The topological polar surface area (TPSA) is 105 Å². The van der Waals surface area contributed by atoms with Crippen molar-refractivity contribution in [2.45, 2.75) is 39.7 Å². The number of carboxylic acids is 1. The summed E-state index contributed by atoms with van der Waals surface area (Å²) < 4.78 is 7.59. The van der Waals surface area contributed by atoms with Crippen LogP contribution in [0.5, 0.6) is 0 Å². The Hall–Kier alpha value is -3.92. The van der Waals surface area contributed by atoms with E-state index in [0.717, 1.165) is 27.6 Å². The van der Waals surface area contributed by atoms with Crippen LogP contribution >= 0.6 is 0 Å². The maximum Gasteiger partial charge on any atom is 0.303 e. The third-order valence-corrected chi connectivity index (χ3v) is 5.32. The molecule has 0 bridgehead atoms. The standard InChI is InChI=1S/C24H22N4O3/c1-14(2)28-9-8-17-11-18(12-19(13-25)22(17)28)24-26-23(27-31-24)20-6-4-16(10-15(20)3)5-7-21(29)30/h4,6,8-12,14H,5,7H2,1-3H3,(H,29,30). The largest absolute Gasteiger partial charge is 0.481 e. The Morgan fingerprint density at radius 2 is 2.06 bits per heavy atom. The summed E-state index contributed by atoms with van der Waals surface area (Å²) in [6, 6.07) is 14.0. The molecule has 2 aromatic carbocycles. The summed E-state index contributed by atoms with van der Waals surface area (Å²) in [5.41, 5.74) is 4.86. The first kappa shape index (κ1) is 20.4. The van der Waals surface area contributed by atoms with E-state index in [-0.39, 0.29) is 12.5 Å². The first-order valence-electron chi connectivity index (χ1n) is 10.1. The van der Waals surface area contributed by atoms with Crippen LogP contribution in [0, 0.1) is 18.3 Å². The highest BCUT2D eigenvalue weighted by Gasteiger charge is 2.17. The molecule has 0 unspecified atom stereocenters. The average molecular weight is 414 g/mol. The second-order valence-corrected chi connectivity index (χ2v) is 7.86. The minimum Gasteiger partial charge on any atom is -0.481 e. The number of fused-ring (bicyclic) bond motifs is 1. The number of hydrogen-bond acceptors (Lipinski definition) is 5. The van der Waals surface area contributed by atoms with Gasteiger partial charge in [-0.05, 0) is 56.5 Å². The smallest absolute Gasteiger partial charge is 0.303 e. The fourth-order valence-corrected chi connectivity index (χ4v) is 3.78. The monoisotopic (exact) mass is 414 g/mol. The van der Waals surface area contributed by atoms with Crippen molar-refractivity contribution in [2.75, 3.05) is 0 Å². The van der Waals surface area contributed by atoms with E-state index < -0.39 is 5.97 Å². The molecule has 0 amide bonds. The first-order valence-corrected chi connectivity index (χ1v) is 10.1. The van der Waals surface area contributed by atoms with Crippen molar-refractivity contribution >= 4 is 16.9 Å². The number of benzene rings is 2. The van der Waals surface area contributed by atoms with Gasteiger partial charge >= 0.3 is 5.97 Å². The first-order chi connectivity index (χ1) is 14.9. The molecule has 2 aromatic heterocycles. The van der Waals surface area contributed by atoms with Gasteiger partial charge in [0.1, 0.15) is 6.07 Å². The van der Waals surface area contributed by atoms with Gasteiger partial charge in [-0.3, -0.25) is 4.79 Å². The lowest BCUT2D eigenvalue weighted by atomic mass is 10.0. The normalized spacial score (nSPS) is 11.2. The molecule has 2 heterocycles. The number of carbonyl (C=O) groups is 1. The molecule has 1 N–H and O–H groups in total. The van der Waals surface area contributed by atoms with Crippen molar-refractivity contribution in [3.8, 4) is 28.9 Å². The Morgan fingerprint density at radius 3 is 2.74 bits per heavy atom. The molecule has 0 atom stereocenters. The minimum absolute atomic E-state index is 0.0907. The quantitative estimate of drug-likeness (QED) is 0.468. The molecule has 7 heteroatoms. The molecule has 0 aliphatic rings. The van der Waals surface area contributed by atoms with Gasteiger partial charge in [-0.15, -0.1) is 0 Å². The maximum absolute atomic E-state index is 10.8. The lowest BCUT2D eigenvalue weighted by molar-refractivity contribution is -0.136. The average Bonchev–Trinajstić information content (AvgIpc) is 3.39. The highest BCUT2D eigenvalue weighted by molar-refractivity contribution is 5.89. The summed E-state index contributed by atoms with van der Waals surface area (Å²) in [6.07, 6.45) is 2.54. The number of aliphatic carboxylic acids is 1. The maximum atomic E-state index is 10.8. The van der Waals surface area contributed by atoms with Gasteiger partial charge in [0.15, 0.2) is 0 Å². The predicted octanol–water partition coefficient (Wildman–Crippen LogP) is 5.14. The van der Waals surface area contributed by atoms with Crippen molar-refractivity contribution in [3.63, 3.8) is 0 Å². The molecule has 0 aliphatic carbocycles. The highest BCUT2D eigenvalue weighted by atomic mass is 16.5. The second kappa shape index (κ2) is 8.07. The number of rotatable bonds is 6. The van der Waals surface area contributed by atoms with Crippen molar-refractivity contribution in [1.29, 1.82) is 5.26 Å². The van der Waals surface area contributed by atoms with Crippen molar-refractivity contribution < 1.29 is 14.4 Å². The summed E-state index contributed by atoms with van der Waals surface area (Å²) in [5.74, 6) is -0.0160. The predicted molar refractivity (Wildman–Crippen MR) is 116 cm³/mol. The van der Waals surface area contributed by atoms with Crippen LogP contribution in [-0.4, -0.2) is 25.8 Å². The van der Waals surface area contributed by atoms with Crippen LogP contribution in [0.15, 0.2) is 47.1 Å². The number of hydrogen-bond donors (Lipinski definition) is 1. The van der Waals surface area contributed by atoms with Crippen LogP contribution < -0.4 is 0 Å². The van der Waals surface area contributed by atoms with Crippen molar-refractivity contribution in [1.82, 2.24) is 14.7 Å². The van der Waals surface area contributed by atoms with Crippen LogP contribution in [0.1, 0.15) is 43.0 Å².